The quantitative estimate of drug-likeness (QED) is 0.752. The van der Waals surface area contributed by atoms with Gasteiger partial charge in [0.15, 0.2) is 0 Å². The molecular weight excluding hydrogens is 388 g/mol. The van der Waals surface area contributed by atoms with Crippen LogP contribution >= 0.6 is 11.6 Å². The fourth-order valence-corrected chi connectivity index (χ4v) is 4.12. The van der Waals surface area contributed by atoms with E-state index >= 15 is 0 Å². The molecule has 27 heavy (non-hydrogen) atoms. The molecule has 1 amide bonds. The Hall–Kier alpha value is -2.25. The zero-order valence-corrected chi connectivity index (χ0v) is 17.3. The van der Waals surface area contributed by atoms with Gasteiger partial charge in [-0.3, -0.25) is 9.10 Å². The second-order valence-corrected chi connectivity index (χ2v) is 8.43. The molecule has 146 valence electrons. The lowest BCUT2D eigenvalue weighted by Gasteiger charge is -2.30. The molecule has 0 saturated carbocycles. The van der Waals surface area contributed by atoms with Crippen molar-refractivity contribution in [3.63, 3.8) is 0 Å². The highest BCUT2D eigenvalue weighted by Crippen LogP contribution is 2.26. The lowest BCUT2D eigenvalue weighted by Crippen LogP contribution is -2.47. The minimum absolute atomic E-state index is 0.296. The average Bonchev–Trinajstić information content (AvgIpc) is 2.61. The van der Waals surface area contributed by atoms with Crippen LogP contribution in [0.1, 0.15) is 18.9 Å². The SMILES string of the molecule is CC[C@H](C(=O)Nc1cc(Cl)ccc1C)N(c1ccc(OC)cc1)S(C)(=O)=O. The number of nitrogens with one attached hydrogen (secondary N) is 1. The number of hydrogen-bond donors (Lipinski definition) is 1. The number of anilines is 2. The van der Waals surface area contributed by atoms with E-state index in [-0.39, 0.29) is 0 Å². The number of rotatable bonds is 7. The van der Waals surface area contributed by atoms with Gasteiger partial charge in [-0.2, -0.15) is 0 Å². The van der Waals surface area contributed by atoms with Crippen LogP contribution in [-0.4, -0.2) is 33.7 Å². The number of amides is 1. The Kier molecular flexibility index (Phi) is 6.73. The smallest absolute Gasteiger partial charge is 0.248 e. The molecule has 0 aliphatic carbocycles. The topological polar surface area (TPSA) is 75.7 Å². The van der Waals surface area contributed by atoms with E-state index in [2.05, 4.69) is 5.32 Å². The van der Waals surface area contributed by atoms with Crippen molar-refractivity contribution in [2.24, 2.45) is 0 Å². The number of sulfonamides is 1. The Morgan fingerprint density at radius 3 is 2.37 bits per heavy atom. The van der Waals surface area contributed by atoms with Crippen molar-refractivity contribution in [3.05, 3.63) is 53.1 Å². The van der Waals surface area contributed by atoms with Gasteiger partial charge in [0, 0.05) is 10.7 Å². The minimum atomic E-state index is -3.70. The third-order valence-electron chi connectivity index (χ3n) is 4.11. The van der Waals surface area contributed by atoms with Crippen LogP contribution in [0.4, 0.5) is 11.4 Å². The Morgan fingerprint density at radius 2 is 1.85 bits per heavy atom. The highest BCUT2D eigenvalue weighted by Gasteiger charge is 2.31. The number of carbonyl (C=O) groups is 1. The van der Waals surface area contributed by atoms with Crippen molar-refractivity contribution in [2.75, 3.05) is 23.0 Å². The molecule has 2 rings (SSSR count). The van der Waals surface area contributed by atoms with Gasteiger partial charge in [0.05, 0.1) is 19.1 Å². The third kappa shape index (κ3) is 5.14. The van der Waals surface area contributed by atoms with Crippen LogP contribution in [0.2, 0.25) is 5.02 Å². The van der Waals surface area contributed by atoms with Crippen LogP contribution in [0.5, 0.6) is 5.75 Å². The van der Waals surface area contributed by atoms with Gasteiger partial charge in [0.1, 0.15) is 11.8 Å². The second-order valence-electron chi connectivity index (χ2n) is 6.13. The van der Waals surface area contributed by atoms with Crippen molar-refractivity contribution in [2.45, 2.75) is 26.3 Å². The molecule has 2 aromatic carbocycles. The van der Waals surface area contributed by atoms with E-state index < -0.39 is 22.0 Å². The number of methoxy groups -OCH3 is 1. The van der Waals surface area contributed by atoms with E-state index in [4.69, 9.17) is 16.3 Å². The fraction of sp³-hybridized carbons (Fsp3) is 0.316. The van der Waals surface area contributed by atoms with E-state index in [9.17, 15) is 13.2 Å². The van der Waals surface area contributed by atoms with Gasteiger partial charge < -0.3 is 10.1 Å². The van der Waals surface area contributed by atoms with E-state index in [0.29, 0.717) is 28.6 Å². The molecule has 0 fully saturated rings. The van der Waals surface area contributed by atoms with Crippen molar-refractivity contribution in [3.8, 4) is 5.75 Å². The number of nitrogens with zero attached hydrogens (tertiary/aromatic N) is 1. The molecule has 0 unspecified atom stereocenters. The molecule has 0 heterocycles. The van der Waals surface area contributed by atoms with Crippen molar-refractivity contribution >= 4 is 38.9 Å². The number of halogens is 1. The van der Waals surface area contributed by atoms with E-state index in [1.165, 1.54) is 7.11 Å². The first-order valence-electron chi connectivity index (χ1n) is 8.37. The maximum Gasteiger partial charge on any atom is 0.248 e. The summed E-state index contributed by atoms with van der Waals surface area (Å²) in [5, 5.41) is 3.28. The van der Waals surface area contributed by atoms with Crippen LogP contribution in [0, 0.1) is 6.92 Å². The second kappa shape index (κ2) is 8.63. The summed E-state index contributed by atoms with van der Waals surface area (Å²) < 4.78 is 31.2. The zero-order chi connectivity index (χ0) is 20.2. The Morgan fingerprint density at radius 1 is 1.22 bits per heavy atom. The van der Waals surface area contributed by atoms with Gasteiger partial charge in [-0.15, -0.1) is 0 Å². The predicted octanol–water partition coefficient (Wildman–Crippen LogP) is 3.84. The molecular formula is C19H23ClN2O4S. The first-order valence-corrected chi connectivity index (χ1v) is 10.6. The molecule has 0 aliphatic heterocycles. The zero-order valence-electron chi connectivity index (χ0n) is 15.7. The number of aryl methyl sites for hydroxylation is 1. The largest absolute Gasteiger partial charge is 0.497 e. The molecule has 8 heteroatoms. The number of hydrogen-bond acceptors (Lipinski definition) is 4. The minimum Gasteiger partial charge on any atom is -0.497 e. The molecule has 0 radical (unpaired) electrons. The van der Waals surface area contributed by atoms with Gasteiger partial charge in [0.25, 0.3) is 0 Å². The van der Waals surface area contributed by atoms with Crippen molar-refractivity contribution in [1.29, 1.82) is 0 Å². The van der Waals surface area contributed by atoms with Crippen molar-refractivity contribution in [1.82, 2.24) is 0 Å². The van der Waals surface area contributed by atoms with Gasteiger partial charge in [0.2, 0.25) is 15.9 Å². The summed E-state index contributed by atoms with van der Waals surface area (Å²) >= 11 is 6.00. The summed E-state index contributed by atoms with van der Waals surface area (Å²) in [6, 6.07) is 10.8. The standard InChI is InChI=1S/C19H23ClN2O4S/c1-5-18(19(23)21-17-12-14(20)7-6-13(17)2)22(27(4,24)25)15-8-10-16(26-3)11-9-15/h6-12,18H,5H2,1-4H3,(H,21,23)/t18-/m1/s1. The highest BCUT2D eigenvalue weighted by molar-refractivity contribution is 7.92. The van der Waals surface area contributed by atoms with Crippen LogP contribution in [-0.2, 0) is 14.8 Å². The Balaban J connectivity index is 2.39. The first-order chi connectivity index (χ1) is 12.7. The van der Waals surface area contributed by atoms with E-state index in [1.54, 1.807) is 49.4 Å². The number of ether oxygens (including phenoxy) is 1. The summed E-state index contributed by atoms with van der Waals surface area (Å²) in [7, 11) is -2.17. The average molecular weight is 411 g/mol. The van der Waals surface area contributed by atoms with Crippen molar-refractivity contribution < 1.29 is 17.9 Å². The number of benzene rings is 2. The maximum absolute atomic E-state index is 12.9. The molecule has 0 saturated heterocycles. The fourth-order valence-electron chi connectivity index (χ4n) is 2.73. The third-order valence-corrected chi connectivity index (χ3v) is 5.53. The molecule has 0 aromatic heterocycles. The van der Waals surface area contributed by atoms with Crippen LogP contribution in [0.25, 0.3) is 0 Å². The Labute approximate surface area is 165 Å². The summed E-state index contributed by atoms with van der Waals surface area (Å²) in [5.41, 5.74) is 1.77. The van der Waals surface area contributed by atoms with Crippen LogP contribution in [0.15, 0.2) is 42.5 Å². The molecule has 0 aliphatic rings. The van der Waals surface area contributed by atoms with Gasteiger partial charge in [-0.25, -0.2) is 8.42 Å². The van der Waals surface area contributed by atoms with E-state index in [0.717, 1.165) is 16.1 Å². The normalized spacial score (nSPS) is 12.3. The van der Waals surface area contributed by atoms with Gasteiger partial charge >= 0.3 is 0 Å². The summed E-state index contributed by atoms with van der Waals surface area (Å²) in [6.45, 7) is 3.60. The highest BCUT2D eigenvalue weighted by atomic mass is 35.5. The lowest BCUT2D eigenvalue weighted by molar-refractivity contribution is -0.117. The molecule has 0 spiro atoms. The predicted molar refractivity (Wildman–Crippen MR) is 109 cm³/mol. The summed E-state index contributed by atoms with van der Waals surface area (Å²) in [6.07, 6.45) is 1.38. The molecule has 1 N–H and O–H groups in total. The number of carbonyl (C=O) groups excluding carboxylic acids is 1. The van der Waals surface area contributed by atoms with E-state index in [1.807, 2.05) is 6.92 Å². The summed E-state index contributed by atoms with van der Waals surface area (Å²) in [4.78, 5) is 12.9. The first kappa shape index (κ1) is 21.1. The Bertz CT molecular complexity index is 914. The lowest BCUT2D eigenvalue weighted by atomic mass is 10.1. The van der Waals surface area contributed by atoms with Crippen LogP contribution in [0.3, 0.4) is 0 Å². The molecule has 1 atom stereocenters. The van der Waals surface area contributed by atoms with Gasteiger partial charge in [-0.1, -0.05) is 24.6 Å². The van der Waals surface area contributed by atoms with Gasteiger partial charge in [-0.05, 0) is 55.3 Å². The summed E-state index contributed by atoms with van der Waals surface area (Å²) in [5.74, 6) is 0.170. The molecule has 2 aromatic rings. The maximum atomic E-state index is 12.9. The van der Waals surface area contributed by atoms with Crippen LogP contribution < -0.4 is 14.4 Å². The monoisotopic (exact) mass is 410 g/mol. The molecule has 6 nitrogen and oxygen atoms in total. The molecule has 0 bridgehead atoms.